The Hall–Kier alpha value is -1.69. The highest BCUT2D eigenvalue weighted by Crippen LogP contribution is 2.26. The van der Waals surface area contributed by atoms with Gasteiger partial charge in [0.25, 0.3) is 0 Å². The van der Waals surface area contributed by atoms with E-state index < -0.39 is 0 Å². The van der Waals surface area contributed by atoms with Gasteiger partial charge in [-0.15, -0.1) is 0 Å². The Morgan fingerprint density at radius 3 is 2.88 bits per heavy atom. The van der Waals surface area contributed by atoms with Gasteiger partial charge in [-0.1, -0.05) is 42.5 Å². The SMILES string of the molecule is C=C(C)[C@H]1OCC[C@H]1C(=O)NC[C@@H]1C[C@H](O)CN1Cc1ccccc1. The van der Waals surface area contributed by atoms with Gasteiger partial charge in [0.05, 0.1) is 18.1 Å². The van der Waals surface area contributed by atoms with E-state index in [1.807, 2.05) is 25.1 Å². The molecule has 0 saturated carbocycles. The largest absolute Gasteiger partial charge is 0.392 e. The molecule has 0 radical (unpaired) electrons. The van der Waals surface area contributed by atoms with Crippen molar-refractivity contribution in [2.75, 3.05) is 19.7 Å². The van der Waals surface area contributed by atoms with Gasteiger partial charge in [0.15, 0.2) is 0 Å². The van der Waals surface area contributed by atoms with Gasteiger partial charge in [-0.25, -0.2) is 0 Å². The predicted octanol–water partition coefficient (Wildman–Crippen LogP) is 1.72. The van der Waals surface area contributed by atoms with Crippen LogP contribution in [0.5, 0.6) is 0 Å². The Morgan fingerprint density at radius 1 is 1.40 bits per heavy atom. The summed E-state index contributed by atoms with van der Waals surface area (Å²) in [4.78, 5) is 14.8. The minimum absolute atomic E-state index is 0.0338. The van der Waals surface area contributed by atoms with Crippen LogP contribution in [0.1, 0.15) is 25.3 Å². The Labute approximate surface area is 149 Å². The molecule has 0 aliphatic carbocycles. The van der Waals surface area contributed by atoms with Crippen molar-refractivity contribution in [1.82, 2.24) is 10.2 Å². The van der Waals surface area contributed by atoms with Crippen LogP contribution in [0.3, 0.4) is 0 Å². The molecular formula is C20H28N2O3. The van der Waals surface area contributed by atoms with Crippen molar-refractivity contribution in [3.63, 3.8) is 0 Å². The highest BCUT2D eigenvalue weighted by atomic mass is 16.5. The lowest BCUT2D eigenvalue weighted by Crippen LogP contribution is -2.43. The van der Waals surface area contributed by atoms with E-state index in [1.165, 1.54) is 5.56 Å². The van der Waals surface area contributed by atoms with E-state index in [1.54, 1.807) is 0 Å². The van der Waals surface area contributed by atoms with Crippen LogP contribution in [0.4, 0.5) is 0 Å². The van der Waals surface area contributed by atoms with Crippen LogP contribution in [-0.4, -0.2) is 53.9 Å². The Balaban J connectivity index is 1.55. The number of hydrogen-bond donors (Lipinski definition) is 2. The lowest BCUT2D eigenvalue weighted by atomic mass is 9.96. The van der Waals surface area contributed by atoms with Crippen molar-refractivity contribution in [2.45, 2.75) is 44.6 Å². The fraction of sp³-hybridized carbons (Fsp3) is 0.550. The van der Waals surface area contributed by atoms with Crippen LogP contribution < -0.4 is 5.32 Å². The lowest BCUT2D eigenvalue weighted by Gasteiger charge is -2.25. The smallest absolute Gasteiger partial charge is 0.226 e. The fourth-order valence-electron chi connectivity index (χ4n) is 3.87. The van der Waals surface area contributed by atoms with Gasteiger partial charge in [0, 0.05) is 32.3 Å². The number of rotatable bonds is 6. The summed E-state index contributed by atoms with van der Waals surface area (Å²) in [6.07, 6.45) is 0.931. The van der Waals surface area contributed by atoms with Crippen LogP contribution >= 0.6 is 0 Å². The van der Waals surface area contributed by atoms with Crippen molar-refractivity contribution in [2.24, 2.45) is 5.92 Å². The van der Waals surface area contributed by atoms with E-state index >= 15 is 0 Å². The van der Waals surface area contributed by atoms with E-state index in [9.17, 15) is 9.90 Å². The van der Waals surface area contributed by atoms with Gasteiger partial charge >= 0.3 is 0 Å². The van der Waals surface area contributed by atoms with Crippen molar-refractivity contribution in [3.8, 4) is 0 Å². The number of aliphatic hydroxyl groups excluding tert-OH is 1. The third-order valence-electron chi connectivity index (χ3n) is 5.16. The number of amides is 1. The quantitative estimate of drug-likeness (QED) is 0.772. The third-order valence-corrected chi connectivity index (χ3v) is 5.16. The van der Waals surface area contributed by atoms with Crippen molar-refractivity contribution in [3.05, 3.63) is 48.0 Å². The Morgan fingerprint density at radius 2 is 2.16 bits per heavy atom. The molecule has 0 bridgehead atoms. The number of carbonyl (C=O) groups excluding carboxylic acids is 1. The minimum Gasteiger partial charge on any atom is -0.392 e. The van der Waals surface area contributed by atoms with Crippen LogP contribution in [0.2, 0.25) is 0 Å². The maximum atomic E-state index is 12.6. The first-order valence-electron chi connectivity index (χ1n) is 9.05. The first-order chi connectivity index (χ1) is 12.0. The molecule has 1 aromatic rings. The van der Waals surface area contributed by atoms with Crippen molar-refractivity contribution in [1.29, 1.82) is 0 Å². The van der Waals surface area contributed by atoms with Gasteiger partial charge in [0.2, 0.25) is 5.91 Å². The zero-order valence-electron chi connectivity index (χ0n) is 14.9. The predicted molar refractivity (Wildman–Crippen MR) is 96.9 cm³/mol. The van der Waals surface area contributed by atoms with E-state index in [2.05, 4.69) is 28.9 Å². The van der Waals surface area contributed by atoms with Gasteiger partial charge in [-0.3, -0.25) is 9.69 Å². The molecule has 25 heavy (non-hydrogen) atoms. The topological polar surface area (TPSA) is 61.8 Å². The van der Waals surface area contributed by atoms with Crippen LogP contribution in [0.25, 0.3) is 0 Å². The molecule has 2 aliphatic heterocycles. The molecule has 4 atom stereocenters. The molecule has 1 aromatic carbocycles. The number of hydrogen-bond acceptors (Lipinski definition) is 4. The summed E-state index contributed by atoms with van der Waals surface area (Å²) < 4.78 is 5.63. The van der Waals surface area contributed by atoms with Crippen LogP contribution in [0.15, 0.2) is 42.5 Å². The summed E-state index contributed by atoms with van der Waals surface area (Å²) in [6, 6.07) is 10.4. The van der Waals surface area contributed by atoms with E-state index in [-0.39, 0.29) is 30.1 Å². The maximum absolute atomic E-state index is 12.6. The lowest BCUT2D eigenvalue weighted by molar-refractivity contribution is -0.126. The number of carbonyl (C=O) groups is 1. The van der Waals surface area contributed by atoms with E-state index in [4.69, 9.17) is 4.74 Å². The van der Waals surface area contributed by atoms with Gasteiger partial charge in [-0.2, -0.15) is 0 Å². The molecule has 2 N–H and O–H groups in total. The third kappa shape index (κ3) is 4.48. The van der Waals surface area contributed by atoms with E-state index in [0.717, 1.165) is 18.5 Å². The number of nitrogens with one attached hydrogen (secondary N) is 1. The number of nitrogens with zero attached hydrogens (tertiary/aromatic N) is 1. The second-order valence-corrected chi connectivity index (χ2v) is 7.24. The molecule has 0 spiro atoms. The van der Waals surface area contributed by atoms with Gasteiger partial charge in [-0.05, 0) is 25.3 Å². The first kappa shape index (κ1) is 18.1. The average Bonchev–Trinajstić information content (AvgIpc) is 3.20. The summed E-state index contributed by atoms with van der Waals surface area (Å²) in [7, 11) is 0. The molecule has 2 aliphatic rings. The average molecular weight is 344 g/mol. The second-order valence-electron chi connectivity index (χ2n) is 7.24. The Kier molecular flexibility index (Phi) is 5.89. The first-order valence-corrected chi connectivity index (χ1v) is 9.05. The molecule has 136 valence electrons. The molecule has 5 heteroatoms. The molecule has 5 nitrogen and oxygen atoms in total. The monoisotopic (exact) mass is 344 g/mol. The molecule has 0 unspecified atom stereocenters. The molecule has 1 amide bonds. The highest BCUT2D eigenvalue weighted by Gasteiger charge is 2.36. The zero-order valence-corrected chi connectivity index (χ0v) is 14.9. The standard InChI is InChI=1S/C20H28N2O3/c1-14(2)19-18(8-9-25-19)20(24)21-11-16-10-17(23)13-22(16)12-15-6-4-3-5-7-15/h3-7,16-19,23H,1,8-13H2,2H3,(H,21,24)/t16-,17-,18+,19+/m0/s1. The van der Waals surface area contributed by atoms with Crippen LogP contribution in [-0.2, 0) is 16.1 Å². The molecule has 2 heterocycles. The van der Waals surface area contributed by atoms with Crippen LogP contribution in [0, 0.1) is 5.92 Å². The summed E-state index contributed by atoms with van der Waals surface area (Å²) in [5, 5.41) is 13.1. The number of β-amino-alcohol motifs (C(OH)–C–C–N with tert-alkyl or cyclic N) is 1. The number of likely N-dealkylation sites (tertiary alicyclic amines) is 1. The molecule has 0 aromatic heterocycles. The molecule has 2 saturated heterocycles. The summed E-state index contributed by atoms with van der Waals surface area (Å²) in [5.74, 6) is -0.113. The Bertz CT molecular complexity index is 604. The number of ether oxygens (including phenoxy) is 1. The molecular weight excluding hydrogens is 316 g/mol. The zero-order chi connectivity index (χ0) is 17.8. The second kappa shape index (κ2) is 8.13. The van der Waals surface area contributed by atoms with Crippen molar-refractivity contribution < 1.29 is 14.6 Å². The summed E-state index contributed by atoms with van der Waals surface area (Å²) in [5.41, 5.74) is 2.12. The van der Waals surface area contributed by atoms with Crippen molar-refractivity contribution >= 4 is 5.91 Å². The van der Waals surface area contributed by atoms with Gasteiger partial charge < -0.3 is 15.2 Å². The summed E-state index contributed by atoms with van der Waals surface area (Å²) >= 11 is 0. The maximum Gasteiger partial charge on any atom is 0.226 e. The summed E-state index contributed by atoms with van der Waals surface area (Å²) in [6.45, 7) is 8.44. The number of aliphatic hydroxyl groups is 1. The van der Waals surface area contributed by atoms with E-state index in [0.29, 0.717) is 26.1 Å². The fourth-order valence-corrected chi connectivity index (χ4v) is 3.87. The van der Waals surface area contributed by atoms with Gasteiger partial charge in [0.1, 0.15) is 0 Å². The normalized spacial score (nSPS) is 29.7. The molecule has 2 fully saturated rings. The minimum atomic E-state index is -0.330. The molecule has 3 rings (SSSR count). The highest BCUT2D eigenvalue weighted by molar-refractivity contribution is 5.80. The number of benzene rings is 1.